The fraction of sp³-hybridized carbons (Fsp3) is 0.231. The van der Waals surface area contributed by atoms with Gasteiger partial charge in [-0.3, -0.25) is 14.5 Å². The first kappa shape index (κ1) is 21.4. The summed E-state index contributed by atoms with van der Waals surface area (Å²) in [6, 6.07) is 21.3. The van der Waals surface area contributed by atoms with Gasteiger partial charge in [0.15, 0.2) is 0 Å². The molecule has 4 rings (SSSR count). The summed E-state index contributed by atoms with van der Waals surface area (Å²) in [6.07, 6.45) is 0. The SMILES string of the molecule is CCOc1ccc(N2C(=O)CN(c3ccc(C)cc3)C(=O)[C@@H]2c2ccc(OC)cc2)cc1. The summed E-state index contributed by atoms with van der Waals surface area (Å²) in [5.41, 5.74) is 3.16. The van der Waals surface area contributed by atoms with Crippen LogP contribution in [-0.4, -0.2) is 32.1 Å². The fourth-order valence-electron chi connectivity index (χ4n) is 3.88. The van der Waals surface area contributed by atoms with Crippen molar-refractivity contribution >= 4 is 23.2 Å². The Kier molecular flexibility index (Phi) is 6.12. The largest absolute Gasteiger partial charge is 0.497 e. The van der Waals surface area contributed by atoms with Gasteiger partial charge in [0.05, 0.1) is 13.7 Å². The maximum Gasteiger partial charge on any atom is 0.255 e. The van der Waals surface area contributed by atoms with Crippen molar-refractivity contribution in [2.75, 3.05) is 30.1 Å². The van der Waals surface area contributed by atoms with Crippen molar-refractivity contribution in [2.24, 2.45) is 0 Å². The molecule has 0 aliphatic carbocycles. The van der Waals surface area contributed by atoms with Crippen molar-refractivity contribution in [1.82, 2.24) is 0 Å². The molecule has 0 saturated carbocycles. The second kappa shape index (κ2) is 9.14. The number of carbonyl (C=O) groups excluding carboxylic acids is 2. The molecule has 164 valence electrons. The molecule has 32 heavy (non-hydrogen) atoms. The van der Waals surface area contributed by atoms with Gasteiger partial charge in [-0.05, 0) is 67.9 Å². The molecule has 0 radical (unpaired) electrons. The van der Waals surface area contributed by atoms with E-state index in [4.69, 9.17) is 9.47 Å². The number of piperazine rings is 1. The van der Waals surface area contributed by atoms with Crippen molar-refractivity contribution in [3.63, 3.8) is 0 Å². The number of ether oxygens (including phenoxy) is 2. The lowest BCUT2D eigenvalue weighted by molar-refractivity contribution is -0.128. The van der Waals surface area contributed by atoms with Crippen molar-refractivity contribution in [3.8, 4) is 11.5 Å². The zero-order chi connectivity index (χ0) is 22.7. The third-order valence-electron chi connectivity index (χ3n) is 5.52. The van der Waals surface area contributed by atoms with Gasteiger partial charge in [-0.2, -0.15) is 0 Å². The third kappa shape index (κ3) is 4.17. The van der Waals surface area contributed by atoms with E-state index in [0.29, 0.717) is 29.5 Å². The highest BCUT2D eigenvalue weighted by molar-refractivity contribution is 6.14. The van der Waals surface area contributed by atoms with E-state index < -0.39 is 6.04 Å². The topological polar surface area (TPSA) is 59.1 Å². The van der Waals surface area contributed by atoms with Crippen LogP contribution in [0.4, 0.5) is 11.4 Å². The number of rotatable bonds is 6. The first-order valence-electron chi connectivity index (χ1n) is 10.6. The van der Waals surface area contributed by atoms with E-state index in [1.165, 1.54) is 0 Å². The van der Waals surface area contributed by atoms with Crippen molar-refractivity contribution < 1.29 is 19.1 Å². The number of hydrogen-bond acceptors (Lipinski definition) is 4. The van der Waals surface area contributed by atoms with Crippen molar-refractivity contribution in [2.45, 2.75) is 19.9 Å². The predicted molar refractivity (Wildman–Crippen MR) is 124 cm³/mol. The molecule has 2 amide bonds. The molecular formula is C26H26N2O4. The second-order valence-electron chi connectivity index (χ2n) is 7.63. The van der Waals surface area contributed by atoms with Crippen LogP contribution >= 0.6 is 0 Å². The lowest BCUT2D eigenvalue weighted by atomic mass is 9.99. The third-order valence-corrected chi connectivity index (χ3v) is 5.52. The maximum absolute atomic E-state index is 13.7. The van der Waals surface area contributed by atoms with E-state index in [0.717, 1.165) is 11.1 Å². The van der Waals surface area contributed by atoms with Crippen LogP contribution in [0.25, 0.3) is 0 Å². The number of benzene rings is 3. The first-order chi connectivity index (χ1) is 15.5. The molecule has 1 heterocycles. The van der Waals surface area contributed by atoms with Gasteiger partial charge < -0.3 is 14.4 Å². The minimum absolute atomic E-state index is 0.0260. The first-order valence-corrected chi connectivity index (χ1v) is 10.6. The second-order valence-corrected chi connectivity index (χ2v) is 7.63. The Labute approximate surface area is 188 Å². The number of carbonyl (C=O) groups is 2. The molecular weight excluding hydrogens is 404 g/mol. The van der Waals surface area contributed by atoms with E-state index in [2.05, 4.69) is 0 Å². The summed E-state index contributed by atoms with van der Waals surface area (Å²) in [5, 5.41) is 0. The summed E-state index contributed by atoms with van der Waals surface area (Å²) < 4.78 is 10.8. The normalized spacial score (nSPS) is 16.3. The summed E-state index contributed by atoms with van der Waals surface area (Å²) >= 11 is 0. The highest BCUT2D eigenvalue weighted by atomic mass is 16.5. The van der Waals surface area contributed by atoms with Gasteiger partial charge in [-0.15, -0.1) is 0 Å². The van der Waals surface area contributed by atoms with Gasteiger partial charge in [0.2, 0.25) is 5.91 Å². The average Bonchev–Trinajstić information content (AvgIpc) is 2.82. The Hall–Kier alpha value is -3.80. The molecule has 0 N–H and O–H groups in total. The van der Waals surface area contributed by atoms with Crippen molar-refractivity contribution in [3.05, 3.63) is 83.9 Å². The van der Waals surface area contributed by atoms with E-state index >= 15 is 0 Å². The van der Waals surface area contributed by atoms with Crippen LogP contribution in [-0.2, 0) is 9.59 Å². The fourth-order valence-corrected chi connectivity index (χ4v) is 3.88. The molecule has 0 spiro atoms. The molecule has 1 atom stereocenters. The Morgan fingerprint density at radius 2 is 1.44 bits per heavy atom. The Morgan fingerprint density at radius 3 is 2.03 bits per heavy atom. The van der Waals surface area contributed by atoms with Crippen LogP contribution in [0.15, 0.2) is 72.8 Å². The predicted octanol–water partition coefficient (Wildman–Crippen LogP) is 4.52. The Bertz CT molecular complexity index is 1090. The van der Waals surface area contributed by atoms with E-state index in [1.807, 2.05) is 74.5 Å². The molecule has 6 nitrogen and oxygen atoms in total. The van der Waals surface area contributed by atoms with Crippen molar-refractivity contribution in [1.29, 1.82) is 0 Å². The van der Waals surface area contributed by atoms with Gasteiger partial charge >= 0.3 is 0 Å². The molecule has 0 bridgehead atoms. The van der Waals surface area contributed by atoms with Gasteiger partial charge in [-0.25, -0.2) is 0 Å². The molecule has 3 aromatic rings. The number of aryl methyl sites for hydroxylation is 1. The number of hydrogen-bond donors (Lipinski definition) is 0. The van der Waals surface area contributed by atoms with E-state index in [-0.39, 0.29) is 18.4 Å². The lowest BCUT2D eigenvalue weighted by Gasteiger charge is -2.40. The summed E-state index contributed by atoms with van der Waals surface area (Å²) in [4.78, 5) is 30.3. The number of nitrogens with zero attached hydrogens (tertiary/aromatic N) is 2. The van der Waals surface area contributed by atoms with E-state index in [9.17, 15) is 9.59 Å². The zero-order valence-corrected chi connectivity index (χ0v) is 18.4. The molecule has 1 fully saturated rings. The van der Waals surface area contributed by atoms with Gasteiger partial charge in [-0.1, -0.05) is 29.8 Å². The van der Waals surface area contributed by atoms with Crippen LogP contribution in [0, 0.1) is 6.92 Å². The average molecular weight is 431 g/mol. The number of methoxy groups -OCH3 is 1. The van der Waals surface area contributed by atoms with Gasteiger partial charge in [0.1, 0.15) is 24.1 Å². The van der Waals surface area contributed by atoms with Crippen LogP contribution in [0.1, 0.15) is 24.1 Å². The van der Waals surface area contributed by atoms with Gasteiger partial charge in [0, 0.05) is 11.4 Å². The summed E-state index contributed by atoms with van der Waals surface area (Å²) in [7, 11) is 1.59. The lowest BCUT2D eigenvalue weighted by Crippen LogP contribution is -2.56. The quantitative estimate of drug-likeness (QED) is 0.577. The molecule has 6 heteroatoms. The molecule has 0 unspecified atom stereocenters. The minimum Gasteiger partial charge on any atom is -0.497 e. The molecule has 0 aromatic heterocycles. The molecule has 3 aromatic carbocycles. The smallest absolute Gasteiger partial charge is 0.255 e. The molecule has 1 aliphatic heterocycles. The zero-order valence-electron chi connectivity index (χ0n) is 18.4. The van der Waals surface area contributed by atoms with Crippen LogP contribution < -0.4 is 19.3 Å². The number of amides is 2. The molecule has 1 aliphatic rings. The highest BCUT2D eigenvalue weighted by Crippen LogP contribution is 2.35. The Balaban J connectivity index is 1.76. The summed E-state index contributed by atoms with van der Waals surface area (Å²) in [6.45, 7) is 4.43. The maximum atomic E-state index is 13.7. The monoisotopic (exact) mass is 430 g/mol. The van der Waals surface area contributed by atoms with Crippen LogP contribution in [0.5, 0.6) is 11.5 Å². The summed E-state index contributed by atoms with van der Waals surface area (Å²) in [5.74, 6) is 1.09. The standard InChI is InChI=1S/C26H26N2O4/c1-4-32-23-15-11-21(12-16-23)28-24(29)17-27(20-9-5-18(2)6-10-20)26(30)25(28)19-7-13-22(31-3)14-8-19/h5-16,25H,4,17H2,1-3H3/t25-/m0/s1. The molecule has 1 saturated heterocycles. The Morgan fingerprint density at radius 1 is 0.844 bits per heavy atom. The highest BCUT2D eigenvalue weighted by Gasteiger charge is 2.41. The van der Waals surface area contributed by atoms with Crippen LogP contribution in [0.2, 0.25) is 0 Å². The van der Waals surface area contributed by atoms with Gasteiger partial charge in [0.25, 0.3) is 5.91 Å². The number of anilines is 2. The minimum atomic E-state index is -0.790. The van der Waals surface area contributed by atoms with E-state index in [1.54, 1.807) is 29.0 Å². The van der Waals surface area contributed by atoms with Crippen LogP contribution in [0.3, 0.4) is 0 Å².